The van der Waals surface area contributed by atoms with Crippen molar-refractivity contribution in [3.8, 4) is 17.2 Å². The molecule has 3 heterocycles. The van der Waals surface area contributed by atoms with Crippen LogP contribution < -0.4 is 9.47 Å². The summed E-state index contributed by atoms with van der Waals surface area (Å²) < 4.78 is 25.3. The molecule has 0 N–H and O–H groups in total. The van der Waals surface area contributed by atoms with E-state index >= 15 is 0 Å². The first-order valence-corrected chi connectivity index (χ1v) is 15.2. The third kappa shape index (κ3) is 4.37. The molecule has 0 spiro atoms. The maximum Gasteiger partial charge on any atom is 0.313 e. The number of rotatable bonds is 9. The predicted octanol–water partition coefficient (Wildman–Crippen LogP) is 5.18. The summed E-state index contributed by atoms with van der Waals surface area (Å²) in [6, 6.07) is 10.8. The summed E-state index contributed by atoms with van der Waals surface area (Å²) in [5.74, 6) is 1.91. The van der Waals surface area contributed by atoms with Gasteiger partial charge in [0, 0.05) is 38.6 Å². The van der Waals surface area contributed by atoms with E-state index in [4.69, 9.17) is 18.9 Å². The molecule has 1 aliphatic carbocycles. The minimum Gasteiger partial charge on any atom is -0.489 e. The molecule has 2 aliphatic rings. The van der Waals surface area contributed by atoms with E-state index in [0.717, 1.165) is 40.7 Å². The number of aromatic nitrogens is 2. The third-order valence-electron chi connectivity index (χ3n) is 6.19. The fourth-order valence-electron chi connectivity index (χ4n) is 4.35. The highest BCUT2D eigenvalue weighted by Crippen LogP contribution is 2.59. The number of pyridine rings is 1. The number of esters is 1. The largest absolute Gasteiger partial charge is 0.489 e. The molecule has 8 heteroatoms. The Morgan fingerprint density at radius 2 is 2.06 bits per heavy atom. The second kappa shape index (κ2) is 8.50. The molecule has 0 radical (unpaired) electrons. The van der Waals surface area contributed by atoms with Gasteiger partial charge in [0.25, 0.3) is 0 Å². The van der Waals surface area contributed by atoms with Crippen molar-refractivity contribution in [2.24, 2.45) is 5.92 Å². The lowest BCUT2D eigenvalue weighted by Gasteiger charge is -2.15. The third-order valence-corrected chi connectivity index (χ3v) is 7.90. The number of fused-ring (bicyclic) bond motifs is 4. The van der Waals surface area contributed by atoms with Gasteiger partial charge in [0.05, 0.1) is 12.0 Å². The van der Waals surface area contributed by atoms with Gasteiger partial charge in [-0.3, -0.25) is 4.79 Å². The lowest BCUT2D eigenvalue weighted by molar-refractivity contribution is -0.145. The Morgan fingerprint density at radius 1 is 1.21 bits per heavy atom. The number of nitrogens with zero attached hydrogens (tertiary/aromatic N) is 2. The van der Waals surface area contributed by atoms with Gasteiger partial charge in [0.1, 0.15) is 41.6 Å². The molecule has 1 fully saturated rings. The highest BCUT2D eigenvalue weighted by Gasteiger charge is 2.63. The van der Waals surface area contributed by atoms with Crippen LogP contribution in [0.15, 0.2) is 42.7 Å². The maximum absolute atomic E-state index is 12.1. The number of ether oxygens (including phenoxy) is 4. The Bertz CT molecular complexity index is 1190. The van der Waals surface area contributed by atoms with Gasteiger partial charge >= 0.3 is 5.97 Å². The summed E-state index contributed by atoms with van der Waals surface area (Å²) in [6.45, 7) is 10.5. The highest BCUT2D eigenvalue weighted by atomic mass is 28.3. The quantitative estimate of drug-likeness (QED) is 0.246. The number of carbonyl (C=O) groups excluding carboxylic acids is 1. The van der Waals surface area contributed by atoms with Crippen molar-refractivity contribution in [1.82, 2.24) is 9.55 Å². The van der Waals surface area contributed by atoms with Crippen molar-refractivity contribution >= 4 is 25.1 Å². The summed E-state index contributed by atoms with van der Waals surface area (Å²) >= 11 is 0. The maximum atomic E-state index is 12.1. The van der Waals surface area contributed by atoms with E-state index in [-0.39, 0.29) is 23.9 Å². The van der Waals surface area contributed by atoms with Gasteiger partial charge in [-0.2, -0.15) is 0 Å². The van der Waals surface area contributed by atoms with Crippen LogP contribution in [0.25, 0.3) is 11.0 Å². The summed E-state index contributed by atoms with van der Waals surface area (Å²) in [4.78, 5) is 16.7. The SMILES string of the molecule is CCOC(=O)C1C2Oc3ccc(Oc4ccnc5c4ccn5COCC[Si](C)(C)C)cc3C21. The first-order chi connectivity index (χ1) is 15.9. The van der Waals surface area contributed by atoms with Crippen molar-refractivity contribution in [3.63, 3.8) is 0 Å². The zero-order chi connectivity index (χ0) is 23.2. The molecule has 0 bridgehead atoms. The van der Waals surface area contributed by atoms with Crippen LogP contribution in [-0.2, 0) is 21.0 Å². The molecule has 174 valence electrons. The molecule has 33 heavy (non-hydrogen) atoms. The van der Waals surface area contributed by atoms with Gasteiger partial charge in [0.15, 0.2) is 0 Å². The predicted molar refractivity (Wildman–Crippen MR) is 128 cm³/mol. The Balaban J connectivity index is 1.30. The van der Waals surface area contributed by atoms with Crippen LogP contribution in [-0.4, -0.2) is 42.9 Å². The number of benzene rings is 1. The Labute approximate surface area is 194 Å². The summed E-state index contributed by atoms with van der Waals surface area (Å²) in [6.07, 6.45) is 3.62. The molecule has 1 aliphatic heterocycles. The van der Waals surface area contributed by atoms with Gasteiger partial charge in [-0.05, 0) is 43.3 Å². The fraction of sp³-hybridized carbons (Fsp3) is 0.440. The zero-order valence-electron chi connectivity index (χ0n) is 19.5. The second-order valence-corrected chi connectivity index (χ2v) is 15.5. The molecular weight excluding hydrogens is 436 g/mol. The number of hydrogen-bond donors (Lipinski definition) is 0. The summed E-state index contributed by atoms with van der Waals surface area (Å²) in [7, 11) is -1.11. The number of carbonyl (C=O) groups is 1. The average molecular weight is 467 g/mol. The van der Waals surface area contributed by atoms with Gasteiger partial charge in [-0.25, -0.2) is 4.98 Å². The molecule has 0 amide bonds. The van der Waals surface area contributed by atoms with Gasteiger partial charge in [-0.15, -0.1) is 0 Å². The molecule has 7 nitrogen and oxygen atoms in total. The van der Waals surface area contributed by atoms with Crippen molar-refractivity contribution in [1.29, 1.82) is 0 Å². The molecule has 1 saturated carbocycles. The van der Waals surface area contributed by atoms with Crippen LogP contribution in [0.4, 0.5) is 0 Å². The van der Waals surface area contributed by atoms with Crippen LogP contribution in [0.5, 0.6) is 17.2 Å². The molecule has 3 atom stereocenters. The molecule has 2 aromatic heterocycles. The smallest absolute Gasteiger partial charge is 0.313 e. The van der Waals surface area contributed by atoms with E-state index in [9.17, 15) is 4.79 Å². The van der Waals surface area contributed by atoms with E-state index in [1.165, 1.54) is 0 Å². The molecule has 1 aromatic carbocycles. The minimum atomic E-state index is -1.11. The van der Waals surface area contributed by atoms with Gasteiger partial charge in [-0.1, -0.05) is 19.6 Å². The van der Waals surface area contributed by atoms with Crippen LogP contribution in [0, 0.1) is 5.92 Å². The monoisotopic (exact) mass is 466 g/mol. The van der Waals surface area contributed by atoms with E-state index in [1.54, 1.807) is 6.20 Å². The van der Waals surface area contributed by atoms with Crippen molar-refractivity contribution < 1.29 is 23.7 Å². The van der Waals surface area contributed by atoms with E-state index in [0.29, 0.717) is 19.1 Å². The fourth-order valence-corrected chi connectivity index (χ4v) is 5.11. The van der Waals surface area contributed by atoms with E-state index in [2.05, 4.69) is 24.6 Å². The molecule has 3 unspecified atom stereocenters. The highest BCUT2D eigenvalue weighted by molar-refractivity contribution is 6.76. The summed E-state index contributed by atoms with van der Waals surface area (Å²) in [5.41, 5.74) is 1.84. The second-order valence-electron chi connectivity index (χ2n) is 9.87. The van der Waals surface area contributed by atoms with E-state index in [1.807, 2.05) is 48.0 Å². The molecule has 0 saturated heterocycles. The van der Waals surface area contributed by atoms with Crippen LogP contribution in [0.1, 0.15) is 18.4 Å². The van der Waals surface area contributed by atoms with Crippen LogP contribution >= 0.6 is 0 Å². The minimum absolute atomic E-state index is 0.0504. The lowest BCUT2D eigenvalue weighted by Crippen LogP contribution is -2.22. The first kappa shape index (κ1) is 22.0. The van der Waals surface area contributed by atoms with Gasteiger partial charge < -0.3 is 23.5 Å². The van der Waals surface area contributed by atoms with Crippen molar-refractivity contribution in [2.75, 3.05) is 13.2 Å². The standard InChI is InChI=1S/C25H30N2O5Si/c1-5-30-25(28)22-21-18-14-16(6-7-19(18)32-23(21)22)31-20-8-10-26-24-17(20)9-11-27(24)15-29-12-13-33(2,3)4/h6-11,14,21-23H,5,12-13,15H2,1-4H3. The van der Waals surface area contributed by atoms with Crippen LogP contribution in [0.3, 0.4) is 0 Å². The lowest BCUT2D eigenvalue weighted by atomic mass is 10.1. The topological polar surface area (TPSA) is 71.8 Å². The molecular formula is C25H30N2O5Si. The Hall–Kier alpha value is -2.84. The van der Waals surface area contributed by atoms with Crippen LogP contribution in [0.2, 0.25) is 25.7 Å². The summed E-state index contributed by atoms with van der Waals surface area (Å²) in [5, 5.41) is 0.928. The first-order valence-electron chi connectivity index (χ1n) is 11.5. The van der Waals surface area contributed by atoms with Crippen molar-refractivity contribution in [3.05, 3.63) is 48.3 Å². The number of hydrogen-bond acceptors (Lipinski definition) is 6. The normalized spacial score (nSPS) is 20.8. The Kier molecular flexibility index (Phi) is 5.66. The molecule has 5 rings (SSSR count). The van der Waals surface area contributed by atoms with E-state index < -0.39 is 8.07 Å². The molecule has 3 aromatic rings. The Morgan fingerprint density at radius 3 is 2.85 bits per heavy atom. The average Bonchev–Trinajstić information content (AvgIpc) is 3.12. The zero-order valence-corrected chi connectivity index (χ0v) is 20.5. The van der Waals surface area contributed by atoms with Gasteiger partial charge in [0.2, 0.25) is 0 Å². The van der Waals surface area contributed by atoms with Crippen molar-refractivity contribution in [2.45, 2.75) is 51.4 Å².